The van der Waals surface area contributed by atoms with Gasteiger partial charge in [0, 0.05) is 23.1 Å². The number of amides is 1. The maximum absolute atomic E-state index is 12.0. The lowest BCUT2D eigenvalue weighted by Crippen LogP contribution is -2.26. The van der Waals surface area contributed by atoms with E-state index >= 15 is 0 Å². The number of phenols is 1. The molecule has 1 unspecified atom stereocenters. The van der Waals surface area contributed by atoms with Crippen molar-refractivity contribution in [2.45, 2.75) is 18.9 Å². The smallest absolute Gasteiger partial charge is 0.253 e. The summed E-state index contributed by atoms with van der Waals surface area (Å²) in [7, 11) is 0. The van der Waals surface area contributed by atoms with Gasteiger partial charge in [0.2, 0.25) is 0 Å². The quantitative estimate of drug-likeness (QED) is 0.869. The van der Waals surface area contributed by atoms with Crippen LogP contribution in [0.15, 0.2) is 36.4 Å². The number of carbonyl (C=O) groups is 1. The molecule has 0 spiro atoms. The van der Waals surface area contributed by atoms with Crippen molar-refractivity contribution in [2.24, 2.45) is 0 Å². The van der Waals surface area contributed by atoms with Crippen molar-refractivity contribution < 1.29 is 14.6 Å². The maximum Gasteiger partial charge on any atom is 0.253 e. The Morgan fingerprint density at radius 1 is 1.21 bits per heavy atom. The third-order valence-corrected chi connectivity index (χ3v) is 3.38. The van der Waals surface area contributed by atoms with Gasteiger partial charge in [-0.2, -0.15) is 0 Å². The van der Waals surface area contributed by atoms with Gasteiger partial charge in [-0.25, -0.2) is 0 Å². The number of phenolic OH excluding ortho intramolecular Hbond substituents is 1. The minimum atomic E-state index is -0.354. The van der Waals surface area contributed by atoms with E-state index in [2.05, 4.69) is 5.32 Å². The van der Waals surface area contributed by atoms with E-state index in [1.807, 2.05) is 24.3 Å². The van der Waals surface area contributed by atoms with E-state index in [-0.39, 0.29) is 17.8 Å². The summed E-state index contributed by atoms with van der Waals surface area (Å²) in [6.07, 6.45) is 1.34. The van der Waals surface area contributed by atoms with Crippen LogP contribution in [0.4, 0.5) is 5.69 Å². The summed E-state index contributed by atoms with van der Waals surface area (Å²) in [4.78, 5) is 12.0. The summed E-state index contributed by atoms with van der Waals surface area (Å²) in [5.74, 6) is 0.0964. The summed E-state index contributed by atoms with van der Waals surface area (Å²) >= 11 is 0. The van der Waals surface area contributed by atoms with Gasteiger partial charge < -0.3 is 15.2 Å². The number of rotatable bonds is 2. The van der Waals surface area contributed by atoms with Crippen molar-refractivity contribution in [3.8, 4) is 5.75 Å². The first kappa shape index (κ1) is 12.0. The van der Waals surface area contributed by atoms with Crippen LogP contribution >= 0.6 is 0 Å². The molecule has 2 aromatic rings. The van der Waals surface area contributed by atoms with Gasteiger partial charge in [-0.05, 0) is 25.0 Å². The molecule has 1 aliphatic heterocycles. The Labute approximate surface area is 111 Å². The van der Waals surface area contributed by atoms with Crippen LogP contribution in [0.5, 0.6) is 5.75 Å². The molecule has 0 aliphatic carbocycles. The summed E-state index contributed by atoms with van der Waals surface area (Å²) in [6, 6.07) is 10.7. The zero-order valence-electron chi connectivity index (χ0n) is 10.4. The van der Waals surface area contributed by atoms with Crippen LogP contribution in [0.2, 0.25) is 0 Å². The molecule has 0 aromatic heterocycles. The molecule has 4 heteroatoms. The van der Waals surface area contributed by atoms with E-state index in [9.17, 15) is 9.90 Å². The summed E-state index contributed by atoms with van der Waals surface area (Å²) in [5.41, 5.74) is 0.703. The number of fused-ring (bicyclic) bond motifs is 1. The monoisotopic (exact) mass is 257 g/mol. The molecule has 3 rings (SSSR count). The Balaban J connectivity index is 1.92. The van der Waals surface area contributed by atoms with E-state index in [0.29, 0.717) is 12.3 Å². The second kappa shape index (κ2) is 4.90. The Morgan fingerprint density at radius 3 is 2.79 bits per heavy atom. The van der Waals surface area contributed by atoms with Crippen molar-refractivity contribution in [2.75, 3.05) is 11.9 Å². The molecule has 1 heterocycles. The summed E-state index contributed by atoms with van der Waals surface area (Å²) < 4.78 is 5.36. The van der Waals surface area contributed by atoms with Crippen molar-refractivity contribution in [3.63, 3.8) is 0 Å². The Hall–Kier alpha value is -2.07. The first-order valence-electron chi connectivity index (χ1n) is 6.39. The van der Waals surface area contributed by atoms with Gasteiger partial charge >= 0.3 is 0 Å². The summed E-state index contributed by atoms with van der Waals surface area (Å²) in [5, 5.41) is 14.2. The first-order chi connectivity index (χ1) is 9.25. The number of benzene rings is 2. The minimum absolute atomic E-state index is 0.117. The fourth-order valence-electron chi connectivity index (χ4n) is 2.40. The molecule has 1 fully saturated rings. The molecule has 1 atom stereocenters. The predicted molar refractivity (Wildman–Crippen MR) is 73.2 cm³/mol. The molecule has 2 aromatic carbocycles. The Morgan fingerprint density at radius 2 is 2.00 bits per heavy atom. The third kappa shape index (κ3) is 2.27. The number of nitrogens with one attached hydrogen (secondary N) is 1. The fraction of sp³-hybridized carbons (Fsp3) is 0.267. The molecule has 1 amide bonds. The van der Waals surface area contributed by atoms with Crippen LogP contribution in [-0.2, 0) is 9.53 Å². The zero-order chi connectivity index (χ0) is 13.2. The van der Waals surface area contributed by atoms with Crippen LogP contribution < -0.4 is 5.32 Å². The van der Waals surface area contributed by atoms with Crippen molar-refractivity contribution in [1.82, 2.24) is 0 Å². The molecule has 1 aliphatic rings. The lowest BCUT2D eigenvalue weighted by Gasteiger charge is -2.12. The molecule has 1 saturated heterocycles. The number of ether oxygens (including phenoxy) is 1. The molecular weight excluding hydrogens is 242 g/mol. The lowest BCUT2D eigenvalue weighted by atomic mass is 10.1. The van der Waals surface area contributed by atoms with E-state index in [1.165, 1.54) is 0 Å². The highest BCUT2D eigenvalue weighted by molar-refractivity contribution is 6.05. The van der Waals surface area contributed by atoms with Crippen molar-refractivity contribution in [3.05, 3.63) is 36.4 Å². The highest BCUT2D eigenvalue weighted by Crippen LogP contribution is 2.30. The van der Waals surface area contributed by atoms with Crippen LogP contribution in [-0.4, -0.2) is 23.7 Å². The number of hydrogen-bond donors (Lipinski definition) is 2. The fourth-order valence-corrected chi connectivity index (χ4v) is 2.40. The Bertz CT molecular complexity index is 618. The number of hydrogen-bond acceptors (Lipinski definition) is 3. The number of aromatic hydroxyl groups is 1. The average molecular weight is 257 g/mol. The highest BCUT2D eigenvalue weighted by atomic mass is 16.5. The van der Waals surface area contributed by atoms with Gasteiger partial charge in [0.1, 0.15) is 11.9 Å². The molecule has 0 saturated carbocycles. The topological polar surface area (TPSA) is 58.6 Å². The molecule has 0 bridgehead atoms. The third-order valence-electron chi connectivity index (χ3n) is 3.38. The largest absolute Gasteiger partial charge is 0.507 e. The first-order valence-corrected chi connectivity index (χ1v) is 6.39. The summed E-state index contributed by atoms with van der Waals surface area (Å²) in [6.45, 7) is 0.647. The molecule has 2 N–H and O–H groups in total. The second-order valence-corrected chi connectivity index (χ2v) is 4.67. The van der Waals surface area contributed by atoms with E-state index < -0.39 is 0 Å². The molecule has 0 radical (unpaired) electrons. The molecule has 98 valence electrons. The van der Waals surface area contributed by atoms with Gasteiger partial charge in [-0.1, -0.05) is 24.3 Å². The van der Waals surface area contributed by atoms with Crippen LogP contribution in [0.25, 0.3) is 10.8 Å². The van der Waals surface area contributed by atoms with Gasteiger partial charge in [0.25, 0.3) is 5.91 Å². The van der Waals surface area contributed by atoms with Crippen molar-refractivity contribution >= 4 is 22.4 Å². The molecule has 19 heavy (non-hydrogen) atoms. The molecule has 4 nitrogen and oxygen atoms in total. The molecular formula is C15H15NO3. The van der Waals surface area contributed by atoms with E-state index in [1.54, 1.807) is 12.1 Å². The van der Waals surface area contributed by atoms with Crippen LogP contribution in [0.1, 0.15) is 12.8 Å². The van der Waals surface area contributed by atoms with Gasteiger partial charge in [0.15, 0.2) is 0 Å². The maximum atomic E-state index is 12.0. The predicted octanol–water partition coefficient (Wildman–Crippen LogP) is 2.66. The minimum Gasteiger partial charge on any atom is -0.507 e. The number of anilines is 1. The Kier molecular flexibility index (Phi) is 3.09. The van der Waals surface area contributed by atoms with Crippen molar-refractivity contribution in [1.29, 1.82) is 0 Å². The average Bonchev–Trinajstić information content (AvgIpc) is 2.94. The van der Waals surface area contributed by atoms with E-state index in [4.69, 9.17) is 4.74 Å². The number of carbonyl (C=O) groups excluding carboxylic acids is 1. The van der Waals surface area contributed by atoms with Gasteiger partial charge in [-0.15, -0.1) is 0 Å². The van der Waals surface area contributed by atoms with Crippen LogP contribution in [0.3, 0.4) is 0 Å². The van der Waals surface area contributed by atoms with Gasteiger partial charge in [0.05, 0.1) is 0 Å². The SMILES string of the molecule is O=C(Nc1cccc2c(O)cccc12)C1CCCO1. The van der Waals surface area contributed by atoms with Crippen LogP contribution in [0, 0.1) is 0 Å². The zero-order valence-corrected chi connectivity index (χ0v) is 10.4. The highest BCUT2D eigenvalue weighted by Gasteiger charge is 2.23. The normalized spacial score (nSPS) is 18.6. The van der Waals surface area contributed by atoms with Gasteiger partial charge in [-0.3, -0.25) is 4.79 Å². The van der Waals surface area contributed by atoms with E-state index in [0.717, 1.165) is 23.6 Å². The second-order valence-electron chi connectivity index (χ2n) is 4.67. The standard InChI is InChI=1S/C15H15NO3/c17-13-7-2-4-10-11(13)5-1-6-12(10)16-15(18)14-8-3-9-19-14/h1-2,4-7,14,17H,3,8-9H2,(H,16,18). The lowest BCUT2D eigenvalue weighted by molar-refractivity contribution is -0.124.